The minimum Gasteiger partial charge on any atom is -0.446 e. The molecule has 2 spiro atoms. The van der Waals surface area contributed by atoms with Gasteiger partial charge in [-0.15, -0.1) is 10.2 Å². The number of ether oxygens (including phenoxy) is 3. The minimum atomic E-state index is -0.561. The largest absolute Gasteiger partial charge is 0.446 e. The van der Waals surface area contributed by atoms with Gasteiger partial charge in [-0.3, -0.25) is 4.90 Å². The van der Waals surface area contributed by atoms with Crippen LogP contribution in [-0.2, 0) is 27.3 Å². The van der Waals surface area contributed by atoms with Gasteiger partial charge < -0.3 is 28.8 Å². The number of nitrogens with zero attached hydrogens (tertiary/aromatic N) is 5. The van der Waals surface area contributed by atoms with Crippen molar-refractivity contribution in [2.24, 2.45) is 56.7 Å². The Morgan fingerprint density at radius 2 is 1.71 bits per heavy atom. The number of carbonyl (C=O) groups excluding carboxylic acids is 2. The van der Waals surface area contributed by atoms with Crippen LogP contribution in [0.5, 0.6) is 0 Å². The lowest BCUT2D eigenvalue weighted by molar-refractivity contribution is -0.185. The quantitative estimate of drug-likeness (QED) is 0.389. The van der Waals surface area contributed by atoms with Crippen molar-refractivity contribution in [2.75, 3.05) is 19.6 Å². The second-order valence-electron chi connectivity index (χ2n) is 19.7. The van der Waals surface area contributed by atoms with Crippen LogP contribution in [0.2, 0.25) is 0 Å². The van der Waals surface area contributed by atoms with Crippen LogP contribution in [0.1, 0.15) is 112 Å². The molecule has 0 bridgehead atoms. The number of carbonyl (C=O) groups is 2. The highest BCUT2D eigenvalue weighted by Gasteiger charge is 2.84. The molecule has 0 aromatic carbocycles. The van der Waals surface area contributed by atoms with Gasteiger partial charge in [0.2, 0.25) is 0 Å². The van der Waals surface area contributed by atoms with Crippen LogP contribution in [0.25, 0.3) is 0 Å². The zero-order valence-electron chi connectivity index (χ0n) is 32.0. The van der Waals surface area contributed by atoms with Gasteiger partial charge in [0.25, 0.3) is 0 Å². The summed E-state index contributed by atoms with van der Waals surface area (Å²) in [6.07, 6.45) is 9.44. The standard InChI is InChI=1S/C40H61N5O6/c1-23(2)31(51-34(47)43-15-8-16-43)25-19-24(3)30-32(49-25)33(46)38(7)27-10-9-26-36(4,5)28(11-12-39(26)21-40(27,39)14-13-37(30,38)6)50-35(48)44-17-18-45-22-41-42-29(45)20-44/h22-28,30-33,46H,8-21H2,1-7H3/t24-,25?,26+,27?,28?,30+,31?,32?,33+,37?,38-,39?,40?/m1/s1. The fourth-order valence-corrected chi connectivity index (χ4v) is 14.5. The molecule has 9 rings (SSSR count). The van der Waals surface area contributed by atoms with Gasteiger partial charge in [-0.2, -0.15) is 0 Å². The van der Waals surface area contributed by atoms with Gasteiger partial charge in [-0.25, -0.2) is 9.59 Å². The molecule has 5 saturated carbocycles. The minimum absolute atomic E-state index is 0.0312. The molecule has 5 aliphatic carbocycles. The summed E-state index contributed by atoms with van der Waals surface area (Å²) in [7, 11) is 0. The van der Waals surface area contributed by atoms with E-state index < -0.39 is 6.10 Å². The van der Waals surface area contributed by atoms with E-state index in [9.17, 15) is 14.7 Å². The summed E-state index contributed by atoms with van der Waals surface area (Å²) in [6, 6.07) is 0. The number of hydrogen-bond acceptors (Lipinski definition) is 8. The van der Waals surface area contributed by atoms with Crippen molar-refractivity contribution in [3.05, 3.63) is 12.2 Å². The number of fused-ring (bicyclic) bond motifs is 5. The van der Waals surface area contributed by atoms with E-state index >= 15 is 0 Å². The van der Waals surface area contributed by atoms with E-state index in [-0.39, 0.29) is 75.5 Å². The monoisotopic (exact) mass is 707 g/mol. The number of aromatic nitrogens is 3. The Kier molecular flexibility index (Phi) is 7.62. The Labute approximate surface area is 303 Å². The molecule has 13 atom stereocenters. The molecule has 11 heteroatoms. The summed E-state index contributed by atoms with van der Waals surface area (Å²) in [4.78, 5) is 30.1. The van der Waals surface area contributed by atoms with E-state index in [4.69, 9.17) is 14.2 Å². The van der Waals surface area contributed by atoms with Gasteiger partial charge in [-0.05, 0) is 104 Å². The lowest BCUT2D eigenvalue weighted by Crippen LogP contribution is -2.60. The lowest BCUT2D eigenvalue weighted by atomic mass is 9.41. The number of aliphatic hydroxyl groups excluding tert-OH is 1. The van der Waals surface area contributed by atoms with Gasteiger partial charge in [-0.1, -0.05) is 48.5 Å². The van der Waals surface area contributed by atoms with Crippen molar-refractivity contribution in [3.8, 4) is 0 Å². The normalized spacial score (nSPS) is 46.7. The average Bonchev–Trinajstić information content (AvgIpc) is 3.40. The van der Waals surface area contributed by atoms with Crippen LogP contribution in [0.3, 0.4) is 0 Å². The number of hydrogen-bond donors (Lipinski definition) is 1. The third-order valence-electron chi connectivity index (χ3n) is 17.3. The molecule has 1 aromatic rings. The fraction of sp³-hybridized carbons (Fsp3) is 0.900. The van der Waals surface area contributed by atoms with Gasteiger partial charge in [0.1, 0.15) is 18.5 Å². The first kappa shape index (κ1) is 34.4. The maximum Gasteiger partial charge on any atom is 0.410 e. The summed E-state index contributed by atoms with van der Waals surface area (Å²) in [5.41, 5.74) is 0.0349. The highest BCUT2D eigenvalue weighted by atomic mass is 16.6. The van der Waals surface area contributed by atoms with Crippen LogP contribution in [-0.4, -0.2) is 92.0 Å². The Morgan fingerprint density at radius 1 is 0.961 bits per heavy atom. The van der Waals surface area contributed by atoms with E-state index in [1.165, 1.54) is 12.8 Å². The van der Waals surface area contributed by atoms with E-state index in [0.29, 0.717) is 37.4 Å². The number of amides is 2. The first-order chi connectivity index (χ1) is 24.2. The predicted molar refractivity (Wildman–Crippen MR) is 188 cm³/mol. The summed E-state index contributed by atoms with van der Waals surface area (Å²) in [6.45, 7) is 19.5. The lowest BCUT2D eigenvalue weighted by Gasteiger charge is -2.63. The molecule has 7 fully saturated rings. The summed E-state index contributed by atoms with van der Waals surface area (Å²) in [5, 5.41) is 20.9. The predicted octanol–water partition coefficient (Wildman–Crippen LogP) is 6.28. The Morgan fingerprint density at radius 3 is 2.43 bits per heavy atom. The van der Waals surface area contributed by atoms with Crippen LogP contribution in [0.15, 0.2) is 6.33 Å². The van der Waals surface area contributed by atoms with E-state index in [2.05, 4.69) is 58.7 Å². The fourth-order valence-electron chi connectivity index (χ4n) is 14.5. The van der Waals surface area contributed by atoms with E-state index in [0.717, 1.165) is 63.9 Å². The molecule has 3 aliphatic heterocycles. The molecule has 4 heterocycles. The van der Waals surface area contributed by atoms with E-state index in [1.807, 2.05) is 4.57 Å². The average molecular weight is 708 g/mol. The molecule has 2 amide bonds. The Hall–Kier alpha value is -2.40. The van der Waals surface area contributed by atoms with Gasteiger partial charge >= 0.3 is 12.2 Å². The third kappa shape index (κ3) is 4.48. The van der Waals surface area contributed by atoms with Crippen molar-refractivity contribution in [3.63, 3.8) is 0 Å². The highest BCUT2D eigenvalue weighted by Crippen LogP contribution is 2.89. The second-order valence-corrected chi connectivity index (χ2v) is 19.7. The zero-order chi connectivity index (χ0) is 35.9. The molecule has 51 heavy (non-hydrogen) atoms. The van der Waals surface area contributed by atoms with Crippen molar-refractivity contribution >= 4 is 12.2 Å². The zero-order valence-corrected chi connectivity index (χ0v) is 32.0. The summed E-state index contributed by atoms with van der Waals surface area (Å²) in [5.74, 6) is 2.48. The molecule has 8 aliphatic rings. The second kappa shape index (κ2) is 11.3. The maximum absolute atomic E-state index is 13.5. The number of aliphatic hydroxyl groups is 1. The Bertz CT molecular complexity index is 1580. The summed E-state index contributed by atoms with van der Waals surface area (Å²) < 4.78 is 21.6. The number of rotatable bonds is 4. The molecular weight excluding hydrogens is 646 g/mol. The first-order valence-electron chi connectivity index (χ1n) is 20.3. The van der Waals surface area contributed by atoms with Crippen molar-refractivity contribution in [2.45, 2.75) is 150 Å². The van der Waals surface area contributed by atoms with Crippen LogP contribution in [0.4, 0.5) is 9.59 Å². The molecule has 282 valence electrons. The summed E-state index contributed by atoms with van der Waals surface area (Å²) >= 11 is 0. The topological polar surface area (TPSA) is 119 Å². The molecule has 8 unspecified atom stereocenters. The van der Waals surface area contributed by atoms with Crippen LogP contribution in [0, 0.1) is 56.7 Å². The van der Waals surface area contributed by atoms with Crippen LogP contribution < -0.4 is 0 Å². The van der Waals surface area contributed by atoms with Gasteiger partial charge in [0.05, 0.1) is 24.9 Å². The van der Waals surface area contributed by atoms with Gasteiger partial charge in [0.15, 0.2) is 5.82 Å². The molecule has 0 radical (unpaired) electrons. The Balaban J connectivity index is 0.937. The molecule has 11 nitrogen and oxygen atoms in total. The van der Waals surface area contributed by atoms with Crippen molar-refractivity contribution in [1.82, 2.24) is 24.6 Å². The first-order valence-corrected chi connectivity index (χ1v) is 20.3. The van der Waals surface area contributed by atoms with Crippen LogP contribution >= 0.6 is 0 Å². The van der Waals surface area contributed by atoms with Crippen molar-refractivity contribution < 1.29 is 28.9 Å². The number of likely N-dealkylation sites (tertiary alicyclic amines) is 1. The van der Waals surface area contributed by atoms with Crippen molar-refractivity contribution in [1.29, 1.82) is 0 Å². The molecule has 1 N–H and O–H groups in total. The smallest absolute Gasteiger partial charge is 0.410 e. The van der Waals surface area contributed by atoms with E-state index in [1.54, 1.807) is 16.1 Å². The maximum atomic E-state index is 13.5. The highest BCUT2D eigenvalue weighted by molar-refractivity contribution is 5.69. The SMILES string of the molecule is CC(C)C(OC(=O)N1CCC1)C1C[C@@H](C)[C@H]2C(O1)[C@H](O)[C@@]1(C)C3CC[C@H]4C(C)(C)C(OC(=O)N5CCn6cnnc6C5)CCC45CC35CCC21C. The third-order valence-corrected chi connectivity index (χ3v) is 17.3. The molecule has 1 aromatic heterocycles. The molecular formula is C40H61N5O6. The van der Waals surface area contributed by atoms with Gasteiger partial charge in [0, 0.05) is 37.0 Å². The molecule has 2 saturated heterocycles.